The number of carbonyl (C=O) groups excluding carboxylic acids is 1. The van der Waals surface area contributed by atoms with Crippen LogP contribution in [0.4, 0.5) is 10.8 Å². The summed E-state index contributed by atoms with van der Waals surface area (Å²) in [5, 5.41) is 5.21. The average Bonchev–Trinajstić information content (AvgIpc) is 3.10. The fourth-order valence-electron chi connectivity index (χ4n) is 2.04. The second-order valence-corrected chi connectivity index (χ2v) is 8.44. The molecule has 0 saturated heterocycles. The van der Waals surface area contributed by atoms with E-state index in [0.717, 1.165) is 0 Å². The van der Waals surface area contributed by atoms with Gasteiger partial charge in [-0.3, -0.25) is 14.8 Å². The van der Waals surface area contributed by atoms with Crippen molar-refractivity contribution in [3.8, 4) is 0 Å². The smallest absolute Gasteiger partial charge is 0.261 e. The van der Waals surface area contributed by atoms with Crippen molar-refractivity contribution in [1.29, 1.82) is 0 Å². The lowest BCUT2D eigenvalue weighted by Gasteiger charge is -2.10. The Balaban J connectivity index is 1.81. The third kappa shape index (κ3) is 4.34. The minimum Gasteiger partial charge on any atom is -0.298 e. The highest BCUT2D eigenvalue weighted by molar-refractivity contribution is 7.92. The van der Waals surface area contributed by atoms with Crippen molar-refractivity contribution >= 4 is 61.3 Å². The molecule has 2 N–H and O–H groups in total. The molecular weight excluding hydrogens is 417 g/mol. The van der Waals surface area contributed by atoms with Crippen LogP contribution < -0.4 is 10.0 Å². The van der Waals surface area contributed by atoms with Crippen LogP contribution in [0.15, 0.2) is 58.9 Å². The molecule has 0 radical (unpaired) electrons. The number of benzene rings is 2. The predicted molar refractivity (Wildman–Crippen MR) is 104 cm³/mol. The summed E-state index contributed by atoms with van der Waals surface area (Å²) < 4.78 is 27.4. The number of aromatic nitrogens is 1. The fraction of sp³-hybridized carbons (Fsp3) is 0. The molecule has 0 atom stereocenters. The lowest BCUT2D eigenvalue weighted by atomic mass is 10.2. The van der Waals surface area contributed by atoms with Gasteiger partial charge in [-0.2, -0.15) is 0 Å². The van der Waals surface area contributed by atoms with Gasteiger partial charge in [0.15, 0.2) is 5.13 Å². The van der Waals surface area contributed by atoms with E-state index in [1.165, 1.54) is 41.7 Å². The number of nitrogens with zero attached hydrogens (tertiary/aromatic N) is 1. The van der Waals surface area contributed by atoms with Crippen molar-refractivity contribution in [3.05, 3.63) is 69.7 Å². The molecule has 1 heterocycles. The first-order valence-electron chi connectivity index (χ1n) is 7.14. The quantitative estimate of drug-likeness (QED) is 0.626. The van der Waals surface area contributed by atoms with Gasteiger partial charge in [0.25, 0.3) is 15.9 Å². The molecular formula is C16H11Cl2N3O3S2. The van der Waals surface area contributed by atoms with Crippen LogP contribution in [0.25, 0.3) is 0 Å². The second-order valence-electron chi connectivity index (χ2n) is 5.05. The lowest BCUT2D eigenvalue weighted by molar-refractivity contribution is 0.102. The van der Waals surface area contributed by atoms with Gasteiger partial charge in [0.2, 0.25) is 0 Å². The van der Waals surface area contributed by atoms with Crippen LogP contribution in [0.5, 0.6) is 0 Å². The van der Waals surface area contributed by atoms with E-state index in [-0.39, 0.29) is 26.2 Å². The molecule has 26 heavy (non-hydrogen) atoms. The Kier molecular flexibility index (Phi) is 5.47. The number of hydrogen-bond donors (Lipinski definition) is 2. The van der Waals surface area contributed by atoms with Crippen LogP contribution in [0.3, 0.4) is 0 Å². The first-order valence-corrected chi connectivity index (χ1v) is 10.3. The largest absolute Gasteiger partial charge is 0.298 e. The summed E-state index contributed by atoms with van der Waals surface area (Å²) in [7, 11) is -3.88. The van der Waals surface area contributed by atoms with Gasteiger partial charge in [-0.25, -0.2) is 13.4 Å². The zero-order valence-electron chi connectivity index (χ0n) is 12.9. The first kappa shape index (κ1) is 18.7. The summed E-state index contributed by atoms with van der Waals surface area (Å²) in [5.41, 5.74) is 0.525. The van der Waals surface area contributed by atoms with Gasteiger partial charge in [0.1, 0.15) is 0 Å². The van der Waals surface area contributed by atoms with Gasteiger partial charge in [-0.05, 0) is 36.4 Å². The SMILES string of the molecule is O=C(Nc1nccs1)c1cccc(NS(=O)(=O)c2ccc(Cl)c(Cl)c2)c1. The third-order valence-corrected chi connectivity index (χ3v) is 6.04. The van der Waals surface area contributed by atoms with Gasteiger partial charge in [0, 0.05) is 22.8 Å². The van der Waals surface area contributed by atoms with Crippen LogP contribution in [0.2, 0.25) is 10.0 Å². The Bertz CT molecular complexity index is 1050. The van der Waals surface area contributed by atoms with Gasteiger partial charge >= 0.3 is 0 Å². The zero-order valence-corrected chi connectivity index (χ0v) is 16.1. The minimum absolute atomic E-state index is 0.0375. The molecule has 134 valence electrons. The predicted octanol–water partition coefficient (Wildman–Crippen LogP) is 4.50. The van der Waals surface area contributed by atoms with E-state index in [1.807, 2.05) is 0 Å². The van der Waals surface area contributed by atoms with E-state index < -0.39 is 15.9 Å². The van der Waals surface area contributed by atoms with Gasteiger partial charge < -0.3 is 0 Å². The van der Waals surface area contributed by atoms with E-state index in [0.29, 0.717) is 5.13 Å². The Morgan fingerprint density at radius 1 is 1.08 bits per heavy atom. The Hall–Kier alpha value is -2.13. The van der Waals surface area contributed by atoms with Crippen LogP contribution in [0, 0.1) is 0 Å². The maximum atomic E-state index is 12.5. The van der Waals surface area contributed by atoms with Crippen molar-refractivity contribution in [2.24, 2.45) is 0 Å². The van der Waals surface area contributed by atoms with Crippen molar-refractivity contribution < 1.29 is 13.2 Å². The van der Waals surface area contributed by atoms with Crippen LogP contribution in [-0.2, 0) is 10.0 Å². The average molecular weight is 428 g/mol. The molecule has 0 aliphatic carbocycles. The number of hydrogen-bond acceptors (Lipinski definition) is 5. The number of rotatable bonds is 5. The topological polar surface area (TPSA) is 88.2 Å². The van der Waals surface area contributed by atoms with E-state index in [2.05, 4.69) is 15.0 Å². The molecule has 0 bridgehead atoms. The van der Waals surface area contributed by atoms with E-state index in [4.69, 9.17) is 23.2 Å². The molecule has 2 aromatic carbocycles. The standard InChI is InChI=1S/C16H11Cl2N3O3S2/c17-13-5-4-12(9-14(13)18)26(23,24)21-11-3-1-2-10(8-11)15(22)20-16-19-6-7-25-16/h1-9,21H,(H,19,20,22). The number of sulfonamides is 1. The number of nitrogens with one attached hydrogen (secondary N) is 2. The number of amides is 1. The number of halogens is 2. The van der Waals surface area contributed by atoms with Crippen LogP contribution in [0.1, 0.15) is 10.4 Å². The summed E-state index contributed by atoms with van der Waals surface area (Å²) in [6.07, 6.45) is 1.57. The first-order chi connectivity index (χ1) is 12.3. The van der Waals surface area contributed by atoms with E-state index >= 15 is 0 Å². The number of thiazole rings is 1. The second kappa shape index (κ2) is 7.63. The van der Waals surface area contributed by atoms with E-state index in [9.17, 15) is 13.2 Å². The maximum Gasteiger partial charge on any atom is 0.261 e. The normalized spacial score (nSPS) is 11.2. The fourth-order valence-corrected chi connectivity index (χ4v) is 4.00. The molecule has 10 heteroatoms. The van der Waals surface area contributed by atoms with Crippen molar-refractivity contribution in [2.45, 2.75) is 4.90 Å². The lowest BCUT2D eigenvalue weighted by Crippen LogP contribution is -2.15. The minimum atomic E-state index is -3.88. The molecule has 0 aliphatic heterocycles. The Morgan fingerprint density at radius 2 is 1.88 bits per heavy atom. The molecule has 3 rings (SSSR count). The number of carbonyl (C=O) groups is 1. The van der Waals surface area contributed by atoms with Crippen LogP contribution >= 0.6 is 34.5 Å². The molecule has 0 unspecified atom stereocenters. The highest BCUT2D eigenvalue weighted by Gasteiger charge is 2.17. The monoisotopic (exact) mass is 427 g/mol. The molecule has 3 aromatic rings. The summed E-state index contributed by atoms with van der Waals surface area (Å²) in [5.74, 6) is -0.393. The highest BCUT2D eigenvalue weighted by Crippen LogP contribution is 2.26. The van der Waals surface area contributed by atoms with Crippen molar-refractivity contribution in [3.63, 3.8) is 0 Å². The maximum absolute atomic E-state index is 12.5. The Labute approximate surface area is 163 Å². The summed E-state index contributed by atoms with van der Waals surface area (Å²) in [6, 6.07) is 10.1. The summed E-state index contributed by atoms with van der Waals surface area (Å²) in [4.78, 5) is 16.2. The molecule has 0 fully saturated rings. The van der Waals surface area contributed by atoms with E-state index in [1.54, 1.807) is 23.7 Å². The van der Waals surface area contributed by atoms with Crippen molar-refractivity contribution in [2.75, 3.05) is 10.0 Å². The van der Waals surface area contributed by atoms with Gasteiger partial charge in [-0.15, -0.1) is 11.3 Å². The highest BCUT2D eigenvalue weighted by atomic mass is 35.5. The molecule has 0 spiro atoms. The molecule has 6 nitrogen and oxygen atoms in total. The molecule has 1 aromatic heterocycles. The summed E-state index contributed by atoms with van der Waals surface area (Å²) in [6.45, 7) is 0. The third-order valence-electron chi connectivity index (χ3n) is 3.23. The molecule has 1 amide bonds. The number of anilines is 2. The zero-order chi connectivity index (χ0) is 18.7. The van der Waals surface area contributed by atoms with Crippen LogP contribution in [-0.4, -0.2) is 19.3 Å². The summed E-state index contributed by atoms with van der Waals surface area (Å²) >= 11 is 13.0. The molecule has 0 aliphatic rings. The molecule has 0 saturated carbocycles. The van der Waals surface area contributed by atoms with Gasteiger partial charge in [0.05, 0.1) is 14.9 Å². The Morgan fingerprint density at radius 3 is 2.58 bits per heavy atom. The van der Waals surface area contributed by atoms with Gasteiger partial charge in [-0.1, -0.05) is 29.3 Å². The van der Waals surface area contributed by atoms with Crippen molar-refractivity contribution in [1.82, 2.24) is 4.98 Å².